The van der Waals surface area contributed by atoms with Gasteiger partial charge in [-0.15, -0.1) is 0 Å². The van der Waals surface area contributed by atoms with E-state index in [0.717, 1.165) is 24.8 Å². The van der Waals surface area contributed by atoms with Crippen LogP contribution in [0.15, 0.2) is 60.7 Å². The van der Waals surface area contributed by atoms with Crippen molar-refractivity contribution >= 4 is 17.7 Å². The molecule has 1 atom stereocenters. The fraction of sp³-hybridized carbons (Fsp3) is 0.423. The molecule has 6 nitrogen and oxygen atoms in total. The Kier molecular flexibility index (Phi) is 7.20. The molecule has 1 saturated heterocycles. The summed E-state index contributed by atoms with van der Waals surface area (Å²) in [4.78, 5) is 40.2. The van der Waals surface area contributed by atoms with Crippen LogP contribution in [0.2, 0.25) is 0 Å². The maximum Gasteiger partial charge on any atom is 0.251 e. The third-order valence-electron chi connectivity index (χ3n) is 6.36. The van der Waals surface area contributed by atoms with Crippen LogP contribution in [0.4, 0.5) is 0 Å². The molecule has 0 aromatic heterocycles. The van der Waals surface area contributed by atoms with Gasteiger partial charge < -0.3 is 15.5 Å². The van der Waals surface area contributed by atoms with Crippen LogP contribution >= 0.6 is 0 Å². The summed E-state index contributed by atoms with van der Waals surface area (Å²) in [7, 11) is 0. The van der Waals surface area contributed by atoms with Crippen molar-refractivity contribution in [1.82, 2.24) is 15.5 Å². The second kappa shape index (κ2) is 10.4. The summed E-state index contributed by atoms with van der Waals surface area (Å²) < 4.78 is 0. The smallest absolute Gasteiger partial charge is 0.251 e. The number of hydrogen-bond acceptors (Lipinski definition) is 3. The van der Waals surface area contributed by atoms with Gasteiger partial charge in [-0.05, 0) is 55.7 Å². The van der Waals surface area contributed by atoms with Crippen LogP contribution in [0.5, 0.6) is 0 Å². The molecule has 168 valence electrons. The molecule has 1 unspecified atom stereocenters. The SMILES string of the molecule is O=C(NC(C(=O)NC1CC1)C1CCN(C(=O)CCc2ccccc2)CC1)c1ccccc1. The highest BCUT2D eigenvalue weighted by Gasteiger charge is 2.36. The zero-order valence-corrected chi connectivity index (χ0v) is 18.3. The lowest BCUT2D eigenvalue weighted by Crippen LogP contribution is -2.54. The lowest BCUT2D eigenvalue weighted by Gasteiger charge is -2.36. The standard InChI is InChI=1S/C26H31N3O3/c30-23(14-11-19-7-3-1-4-8-19)29-17-15-20(16-18-29)24(26(32)27-22-12-13-22)28-25(31)21-9-5-2-6-10-21/h1-10,20,22,24H,11-18H2,(H,27,32)(H,28,31). The topological polar surface area (TPSA) is 78.5 Å². The van der Waals surface area contributed by atoms with Gasteiger partial charge in [0.25, 0.3) is 5.91 Å². The second-order valence-corrected chi connectivity index (χ2v) is 8.80. The van der Waals surface area contributed by atoms with Crippen molar-refractivity contribution in [2.45, 2.75) is 50.6 Å². The van der Waals surface area contributed by atoms with Gasteiger partial charge >= 0.3 is 0 Å². The fourth-order valence-electron chi connectivity index (χ4n) is 4.27. The number of amides is 3. The third kappa shape index (κ3) is 5.96. The molecule has 2 aromatic rings. The average molecular weight is 434 g/mol. The number of rotatable bonds is 8. The van der Waals surface area contributed by atoms with Gasteiger partial charge in [0.05, 0.1) is 0 Å². The first kappa shape index (κ1) is 22.1. The fourth-order valence-corrected chi connectivity index (χ4v) is 4.27. The molecule has 2 aliphatic rings. The Morgan fingerprint density at radius 3 is 2.12 bits per heavy atom. The highest BCUT2D eigenvalue weighted by Crippen LogP contribution is 2.24. The number of nitrogens with one attached hydrogen (secondary N) is 2. The Hall–Kier alpha value is -3.15. The summed E-state index contributed by atoms with van der Waals surface area (Å²) in [6, 6.07) is 18.7. The summed E-state index contributed by atoms with van der Waals surface area (Å²) in [5.41, 5.74) is 1.71. The second-order valence-electron chi connectivity index (χ2n) is 8.80. The van der Waals surface area contributed by atoms with E-state index in [0.29, 0.717) is 37.9 Å². The molecule has 1 saturated carbocycles. The van der Waals surface area contributed by atoms with E-state index >= 15 is 0 Å². The number of carbonyl (C=O) groups excluding carboxylic acids is 3. The predicted octanol–water partition coefficient (Wildman–Crippen LogP) is 2.94. The van der Waals surface area contributed by atoms with E-state index in [-0.39, 0.29) is 29.7 Å². The summed E-state index contributed by atoms with van der Waals surface area (Å²) in [5, 5.41) is 6.02. The van der Waals surface area contributed by atoms with Crippen molar-refractivity contribution in [3.63, 3.8) is 0 Å². The maximum atomic E-state index is 12.9. The first-order chi connectivity index (χ1) is 15.6. The molecule has 3 amide bonds. The van der Waals surface area contributed by atoms with Crippen LogP contribution in [-0.2, 0) is 16.0 Å². The van der Waals surface area contributed by atoms with Gasteiger partial charge in [-0.25, -0.2) is 0 Å². The Balaban J connectivity index is 1.33. The van der Waals surface area contributed by atoms with Crippen LogP contribution in [0.1, 0.15) is 48.0 Å². The highest BCUT2D eigenvalue weighted by atomic mass is 16.2. The monoisotopic (exact) mass is 433 g/mol. The van der Waals surface area contributed by atoms with E-state index in [1.54, 1.807) is 12.1 Å². The lowest BCUT2D eigenvalue weighted by atomic mass is 9.88. The zero-order chi connectivity index (χ0) is 22.3. The van der Waals surface area contributed by atoms with Crippen molar-refractivity contribution in [2.75, 3.05) is 13.1 Å². The molecular weight excluding hydrogens is 402 g/mol. The van der Waals surface area contributed by atoms with Crippen molar-refractivity contribution < 1.29 is 14.4 Å². The molecule has 2 fully saturated rings. The first-order valence-corrected chi connectivity index (χ1v) is 11.6. The minimum Gasteiger partial charge on any atom is -0.352 e. The number of hydrogen-bond donors (Lipinski definition) is 2. The van der Waals surface area contributed by atoms with Crippen molar-refractivity contribution in [1.29, 1.82) is 0 Å². The predicted molar refractivity (Wildman–Crippen MR) is 123 cm³/mol. The molecule has 6 heteroatoms. The normalized spacial score (nSPS) is 17.4. The Morgan fingerprint density at radius 1 is 0.875 bits per heavy atom. The van der Waals surface area contributed by atoms with Crippen LogP contribution in [0, 0.1) is 5.92 Å². The van der Waals surface area contributed by atoms with Gasteiger partial charge in [0.15, 0.2) is 0 Å². The summed E-state index contributed by atoms with van der Waals surface area (Å²) in [5.74, 6) is -0.173. The Bertz CT molecular complexity index is 920. The van der Waals surface area contributed by atoms with E-state index in [1.807, 2.05) is 53.4 Å². The van der Waals surface area contributed by atoms with E-state index in [9.17, 15) is 14.4 Å². The number of likely N-dealkylation sites (tertiary alicyclic amines) is 1. The van der Waals surface area contributed by atoms with Crippen molar-refractivity contribution in [3.8, 4) is 0 Å². The molecular formula is C26H31N3O3. The van der Waals surface area contributed by atoms with E-state index in [4.69, 9.17) is 0 Å². The molecule has 0 radical (unpaired) electrons. The van der Waals surface area contributed by atoms with E-state index in [1.165, 1.54) is 0 Å². The van der Waals surface area contributed by atoms with Gasteiger partial charge in [0.2, 0.25) is 11.8 Å². The van der Waals surface area contributed by atoms with Gasteiger partial charge in [-0.1, -0.05) is 48.5 Å². The van der Waals surface area contributed by atoms with Crippen molar-refractivity contribution in [3.05, 3.63) is 71.8 Å². The number of benzene rings is 2. The summed E-state index contributed by atoms with van der Waals surface area (Å²) >= 11 is 0. The van der Waals surface area contributed by atoms with Crippen LogP contribution in [0.3, 0.4) is 0 Å². The highest BCUT2D eigenvalue weighted by molar-refractivity contribution is 5.97. The van der Waals surface area contributed by atoms with Gasteiger partial charge in [-0.3, -0.25) is 14.4 Å². The van der Waals surface area contributed by atoms with E-state index in [2.05, 4.69) is 10.6 Å². The molecule has 1 aliphatic carbocycles. The number of piperidine rings is 1. The number of aryl methyl sites for hydroxylation is 1. The molecule has 4 rings (SSSR count). The van der Waals surface area contributed by atoms with Gasteiger partial charge in [0.1, 0.15) is 6.04 Å². The minimum atomic E-state index is -0.579. The molecule has 1 aliphatic heterocycles. The molecule has 32 heavy (non-hydrogen) atoms. The quantitative estimate of drug-likeness (QED) is 0.672. The van der Waals surface area contributed by atoms with Gasteiger partial charge in [0, 0.05) is 31.1 Å². The van der Waals surface area contributed by atoms with Crippen LogP contribution in [-0.4, -0.2) is 47.8 Å². The molecule has 2 N–H and O–H groups in total. The molecule has 0 bridgehead atoms. The molecule has 2 aromatic carbocycles. The maximum absolute atomic E-state index is 12.9. The minimum absolute atomic E-state index is 0.0135. The van der Waals surface area contributed by atoms with Crippen molar-refractivity contribution in [2.24, 2.45) is 5.92 Å². The molecule has 0 spiro atoms. The zero-order valence-electron chi connectivity index (χ0n) is 18.3. The number of nitrogens with zero attached hydrogens (tertiary/aromatic N) is 1. The Morgan fingerprint density at radius 2 is 1.50 bits per heavy atom. The Labute approximate surface area is 189 Å². The first-order valence-electron chi connectivity index (χ1n) is 11.6. The number of carbonyl (C=O) groups is 3. The van der Waals surface area contributed by atoms with E-state index < -0.39 is 6.04 Å². The third-order valence-corrected chi connectivity index (χ3v) is 6.36. The summed E-state index contributed by atoms with van der Waals surface area (Å²) in [6.45, 7) is 1.24. The van der Waals surface area contributed by atoms with Gasteiger partial charge in [-0.2, -0.15) is 0 Å². The summed E-state index contributed by atoms with van der Waals surface area (Å²) in [6.07, 6.45) is 4.63. The van der Waals surface area contributed by atoms with Crippen LogP contribution in [0.25, 0.3) is 0 Å². The average Bonchev–Trinajstić information content (AvgIpc) is 3.66. The largest absolute Gasteiger partial charge is 0.352 e. The lowest BCUT2D eigenvalue weighted by molar-refractivity contribution is -0.133. The molecule has 1 heterocycles. The van der Waals surface area contributed by atoms with Crippen LogP contribution < -0.4 is 10.6 Å².